The van der Waals surface area contributed by atoms with Gasteiger partial charge in [-0.1, -0.05) is 111 Å². The van der Waals surface area contributed by atoms with Gasteiger partial charge >= 0.3 is 0 Å². The molecule has 9 rings (SSSR count). The molecule has 2 heterocycles. The number of fused-ring (bicyclic) bond motifs is 3. The first kappa shape index (κ1) is 35.0. The molecular formula is C47H54O6. The number of epoxide rings is 2. The van der Waals surface area contributed by atoms with Gasteiger partial charge in [-0.15, -0.1) is 0 Å². The lowest BCUT2D eigenvalue weighted by Crippen LogP contribution is -2.29. The SMILES string of the molecule is c1ccc2c(c1)-c1ccccc1C2(c1ccc(OCCOCC2CO2)c(C2CCCCC2)c1)c1ccc(OCCOCC2CO2)c(C2CCCCC2)c1. The van der Waals surface area contributed by atoms with Crippen LogP contribution in [0.25, 0.3) is 11.1 Å². The Morgan fingerprint density at radius 3 is 1.38 bits per heavy atom. The van der Waals surface area contributed by atoms with Crippen molar-refractivity contribution in [3.8, 4) is 22.6 Å². The monoisotopic (exact) mass is 714 g/mol. The zero-order valence-corrected chi connectivity index (χ0v) is 31.1. The average Bonchev–Trinajstić information content (AvgIpc) is 4.17. The predicted molar refractivity (Wildman–Crippen MR) is 208 cm³/mol. The summed E-state index contributed by atoms with van der Waals surface area (Å²) < 4.78 is 35.5. The highest BCUT2D eigenvalue weighted by Gasteiger charge is 2.47. The summed E-state index contributed by atoms with van der Waals surface area (Å²) in [5.41, 5.74) is 10.1. The zero-order chi connectivity index (χ0) is 35.5. The minimum atomic E-state index is -0.488. The van der Waals surface area contributed by atoms with Crippen LogP contribution in [0.15, 0.2) is 84.9 Å². The van der Waals surface area contributed by atoms with Crippen LogP contribution in [0, 0.1) is 0 Å². The van der Waals surface area contributed by atoms with Gasteiger partial charge in [0, 0.05) is 0 Å². The zero-order valence-electron chi connectivity index (χ0n) is 31.1. The topological polar surface area (TPSA) is 62.0 Å². The molecule has 2 atom stereocenters. The maximum absolute atomic E-state index is 6.57. The summed E-state index contributed by atoms with van der Waals surface area (Å²) in [7, 11) is 0. The van der Waals surface area contributed by atoms with Gasteiger partial charge in [0.15, 0.2) is 0 Å². The molecular weight excluding hydrogens is 661 g/mol. The second-order valence-electron chi connectivity index (χ2n) is 15.8. The smallest absolute Gasteiger partial charge is 0.122 e. The Morgan fingerprint density at radius 2 is 0.943 bits per heavy atom. The quantitative estimate of drug-likeness (QED) is 0.0750. The Labute approximate surface area is 315 Å². The summed E-state index contributed by atoms with van der Waals surface area (Å²) in [4.78, 5) is 0. The van der Waals surface area contributed by atoms with E-state index in [4.69, 9.17) is 28.4 Å². The predicted octanol–water partition coefficient (Wildman–Crippen LogP) is 9.73. The number of rotatable bonds is 16. The average molecular weight is 715 g/mol. The molecule has 2 saturated heterocycles. The molecule has 5 aliphatic rings. The van der Waals surface area contributed by atoms with Crippen molar-refractivity contribution < 1.29 is 28.4 Å². The number of hydrogen-bond acceptors (Lipinski definition) is 6. The Balaban J connectivity index is 1.14. The van der Waals surface area contributed by atoms with Gasteiger partial charge in [-0.2, -0.15) is 0 Å². The van der Waals surface area contributed by atoms with Crippen LogP contribution in [0.5, 0.6) is 11.5 Å². The molecule has 278 valence electrons. The van der Waals surface area contributed by atoms with E-state index in [1.807, 2.05) is 0 Å². The lowest BCUT2D eigenvalue weighted by atomic mass is 9.66. The Morgan fingerprint density at radius 1 is 0.509 bits per heavy atom. The highest BCUT2D eigenvalue weighted by atomic mass is 16.6. The lowest BCUT2D eigenvalue weighted by Gasteiger charge is -2.36. The maximum Gasteiger partial charge on any atom is 0.122 e. The third kappa shape index (κ3) is 7.41. The molecule has 2 unspecified atom stereocenters. The Kier molecular flexibility index (Phi) is 10.6. The van der Waals surface area contributed by atoms with Crippen LogP contribution in [0.3, 0.4) is 0 Å². The summed E-state index contributed by atoms with van der Waals surface area (Å²) in [6.07, 6.45) is 13.0. The molecule has 3 aliphatic carbocycles. The molecule has 0 radical (unpaired) electrons. The van der Waals surface area contributed by atoms with Crippen molar-refractivity contribution >= 4 is 0 Å². The first-order valence-corrected chi connectivity index (χ1v) is 20.4. The molecule has 4 fully saturated rings. The van der Waals surface area contributed by atoms with Gasteiger partial charge in [-0.3, -0.25) is 0 Å². The van der Waals surface area contributed by atoms with E-state index < -0.39 is 5.41 Å². The molecule has 4 aromatic carbocycles. The van der Waals surface area contributed by atoms with E-state index in [2.05, 4.69) is 84.9 Å². The van der Waals surface area contributed by atoms with Crippen molar-refractivity contribution in [3.05, 3.63) is 118 Å². The van der Waals surface area contributed by atoms with Crippen molar-refractivity contribution in [2.75, 3.05) is 52.9 Å². The van der Waals surface area contributed by atoms with Gasteiger partial charge in [0.05, 0.1) is 45.1 Å². The van der Waals surface area contributed by atoms with Gasteiger partial charge in [0.2, 0.25) is 0 Å². The van der Waals surface area contributed by atoms with E-state index in [1.165, 1.54) is 109 Å². The number of hydrogen-bond donors (Lipinski definition) is 0. The third-order valence-corrected chi connectivity index (χ3v) is 12.3. The second kappa shape index (κ2) is 16.0. The van der Waals surface area contributed by atoms with Crippen molar-refractivity contribution in [1.29, 1.82) is 0 Å². The summed E-state index contributed by atoms with van der Waals surface area (Å²) in [6.45, 7) is 5.12. The van der Waals surface area contributed by atoms with Crippen molar-refractivity contribution in [1.82, 2.24) is 0 Å². The molecule has 53 heavy (non-hydrogen) atoms. The lowest BCUT2D eigenvalue weighted by molar-refractivity contribution is 0.0873. The summed E-state index contributed by atoms with van der Waals surface area (Å²) in [6, 6.07) is 32.5. The molecule has 0 aromatic heterocycles. The molecule has 6 nitrogen and oxygen atoms in total. The standard InChI is InChI=1S/C47H54O6/c1-3-11-33(12-4-1)41-27-35(19-21-45(41)50-25-23-48-29-37-31-52-37)47(43-17-9-7-15-39(43)40-16-8-10-18-44(40)47)36-20-22-46(51-26-24-49-30-38-32-53-38)42(28-36)34-13-5-2-6-14-34/h7-10,15-22,27-28,33-34,37-38H,1-6,11-14,23-26,29-32H2. The molecule has 0 N–H and O–H groups in total. The van der Waals surface area contributed by atoms with Gasteiger partial charge in [0.1, 0.15) is 36.9 Å². The van der Waals surface area contributed by atoms with E-state index >= 15 is 0 Å². The highest BCUT2D eigenvalue weighted by Crippen LogP contribution is 2.57. The third-order valence-electron chi connectivity index (χ3n) is 12.3. The van der Waals surface area contributed by atoms with Crippen LogP contribution in [-0.4, -0.2) is 65.1 Å². The normalized spacial score (nSPS) is 21.9. The van der Waals surface area contributed by atoms with Crippen LogP contribution in [-0.2, 0) is 24.4 Å². The molecule has 0 bridgehead atoms. The van der Waals surface area contributed by atoms with Crippen LogP contribution in [0.2, 0.25) is 0 Å². The molecule has 0 amide bonds. The Bertz CT molecular complexity index is 1710. The fraction of sp³-hybridized carbons (Fsp3) is 0.489. The fourth-order valence-corrected chi connectivity index (χ4v) is 9.49. The molecule has 2 saturated carbocycles. The molecule has 0 spiro atoms. The van der Waals surface area contributed by atoms with Gasteiger partial charge < -0.3 is 28.4 Å². The maximum atomic E-state index is 6.57. The molecule has 6 heteroatoms. The van der Waals surface area contributed by atoms with E-state index in [9.17, 15) is 0 Å². The van der Waals surface area contributed by atoms with E-state index in [-0.39, 0.29) is 12.2 Å². The van der Waals surface area contributed by atoms with E-state index in [0.29, 0.717) is 51.5 Å². The van der Waals surface area contributed by atoms with Crippen molar-refractivity contribution in [3.63, 3.8) is 0 Å². The number of ether oxygens (including phenoxy) is 6. The highest BCUT2D eigenvalue weighted by molar-refractivity contribution is 5.86. The fourth-order valence-electron chi connectivity index (χ4n) is 9.49. The minimum Gasteiger partial charge on any atom is -0.491 e. The minimum absolute atomic E-state index is 0.265. The number of benzene rings is 4. The van der Waals surface area contributed by atoms with Gasteiger partial charge in [0.25, 0.3) is 0 Å². The first-order valence-electron chi connectivity index (χ1n) is 20.4. The summed E-state index contributed by atoms with van der Waals surface area (Å²) in [5.74, 6) is 2.96. The summed E-state index contributed by atoms with van der Waals surface area (Å²) in [5, 5.41) is 0. The Hall–Kier alpha value is -3.68. The first-order chi connectivity index (χ1) is 26.3. The molecule has 2 aliphatic heterocycles. The van der Waals surface area contributed by atoms with Gasteiger partial charge in [-0.05, 0) is 94.2 Å². The van der Waals surface area contributed by atoms with Crippen LogP contribution < -0.4 is 9.47 Å². The van der Waals surface area contributed by atoms with Crippen molar-refractivity contribution in [2.45, 2.75) is 93.7 Å². The molecule has 4 aromatic rings. The van der Waals surface area contributed by atoms with E-state index in [0.717, 1.165) is 24.7 Å². The van der Waals surface area contributed by atoms with E-state index in [1.54, 1.807) is 0 Å². The van der Waals surface area contributed by atoms with Crippen LogP contribution in [0.4, 0.5) is 0 Å². The second-order valence-corrected chi connectivity index (χ2v) is 15.8. The largest absolute Gasteiger partial charge is 0.491 e. The van der Waals surface area contributed by atoms with Crippen molar-refractivity contribution in [2.24, 2.45) is 0 Å². The van der Waals surface area contributed by atoms with Crippen LogP contribution in [0.1, 0.15) is 109 Å². The van der Waals surface area contributed by atoms with Gasteiger partial charge in [-0.25, -0.2) is 0 Å². The van der Waals surface area contributed by atoms with Crippen LogP contribution >= 0.6 is 0 Å². The summed E-state index contributed by atoms with van der Waals surface area (Å²) >= 11 is 0.